The number of ether oxygens (including phenoxy) is 3. The van der Waals surface area contributed by atoms with Crippen LogP contribution in [0.2, 0.25) is 0 Å². The minimum Gasteiger partial charge on any atom is -0.464 e. The van der Waals surface area contributed by atoms with E-state index in [0.717, 1.165) is 25.3 Å². The van der Waals surface area contributed by atoms with Gasteiger partial charge in [0, 0.05) is 6.54 Å². The van der Waals surface area contributed by atoms with Crippen molar-refractivity contribution in [3.05, 3.63) is 101 Å². The van der Waals surface area contributed by atoms with Gasteiger partial charge in [0.25, 0.3) is 6.10 Å². The van der Waals surface area contributed by atoms with E-state index in [9.17, 15) is 14.4 Å². The Morgan fingerprint density at radius 1 is 0.825 bits per heavy atom. The van der Waals surface area contributed by atoms with Crippen LogP contribution in [0.1, 0.15) is 42.9 Å². The molecule has 0 fully saturated rings. The summed E-state index contributed by atoms with van der Waals surface area (Å²) in [6.45, 7) is 2.39. The Morgan fingerprint density at radius 3 is 1.93 bits per heavy atom. The fraction of sp³-hybridized carbons (Fsp3) is 0.323. The molecule has 0 radical (unpaired) electrons. The third-order valence-electron chi connectivity index (χ3n) is 5.99. The number of halogens is 1. The fourth-order valence-electron chi connectivity index (χ4n) is 3.76. The molecule has 0 aromatic heterocycles. The van der Waals surface area contributed by atoms with Crippen LogP contribution in [0.15, 0.2) is 78.9 Å². The highest BCUT2D eigenvalue weighted by atomic mass is 19.1. The Labute approximate surface area is 233 Å². The Morgan fingerprint density at radius 2 is 1.40 bits per heavy atom. The summed E-state index contributed by atoms with van der Waals surface area (Å²) in [4.78, 5) is 38.0. The number of benzene rings is 3. The lowest BCUT2D eigenvalue weighted by molar-refractivity contribution is -0.168. The van der Waals surface area contributed by atoms with Gasteiger partial charge in [-0.15, -0.1) is 0 Å². The van der Waals surface area contributed by atoms with Crippen LogP contribution in [0.4, 0.5) is 4.39 Å². The predicted octanol–water partition coefficient (Wildman–Crippen LogP) is 4.24. The topological polar surface area (TPSA) is 117 Å². The van der Waals surface area contributed by atoms with Gasteiger partial charge in [-0.2, -0.15) is 0 Å². The van der Waals surface area contributed by atoms with Gasteiger partial charge in [0.05, 0.1) is 6.04 Å². The SMILES string of the molecule is CCCCCNC(=O)C(N)Cc1ccc(OC(C(=O)OCc2ccccc2)C(=O)OCc2ccccc2)c(F)c1. The number of carbonyl (C=O) groups is 3. The first-order chi connectivity index (χ1) is 19.4. The summed E-state index contributed by atoms with van der Waals surface area (Å²) in [5, 5.41) is 2.78. The van der Waals surface area contributed by atoms with Crippen molar-refractivity contribution in [1.82, 2.24) is 5.32 Å². The molecule has 0 bridgehead atoms. The van der Waals surface area contributed by atoms with E-state index in [2.05, 4.69) is 12.2 Å². The van der Waals surface area contributed by atoms with Gasteiger partial charge in [-0.25, -0.2) is 14.0 Å². The summed E-state index contributed by atoms with van der Waals surface area (Å²) in [6.07, 6.45) is 1.13. The van der Waals surface area contributed by atoms with E-state index < -0.39 is 29.9 Å². The molecule has 8 nitrogen and oxygen atoms in total. The Balaban J connectivity index is 1.66. The first-order valence-electron chi connectivity index (χ1n) is 13.3. The maximum Gasteiger partial charge on any atom is 0.359 e. The number of esters is 2. The monoisotopic (exact) mass is 550 g/mol. The number of nitrogens with one attached hydrogen (secondary N) is 1. The molecule has 1 unspecified atom stereocenters. The van der Waals surface area contributed by atoms with Crippen molar-refractivity contribution in [1.29, 1.82) is 0 Å². The van der Waals surface area contributed by atoms with E-state index in [1.165, 1.54) is 12.1 Å². The molecule has 3 aromatic carbocycles. The van der Waals surface area contributed by atoms with Crippen LogP contribution < -0.4 is 15.8 Å². The maximum absolute atomic E-state index is 15.0. The van der Waals surface area contributed by atoms with Crippen LogP contribution in [0, 0.1) is 5.82 Å². The van der Waals surface area contributed by atoms with Crippen molar-refractivity contribution in [3.8, 4) is 5.75 Å². The van der Waals surface area contributed by atoms with Crippen molar-refractivity contribution in [2.75, 3.05) is 6.54 Å². The van der Waals surface area contributed by atoms with Crippen molar-refractivity contribution in [2.45, 2.75) is 58.0 Å². The third kappa shape index (κ3) is 9.81. The van der Waals surface area contributed by atoms with Crippen LogP contribution in [-0.4, -0.2) is 36.5 Å². The number of rotatable bonds is 15. The zero-order valence-corrected chi connectivity index (χ0v) is 22.5. The minimum absolute atomic E-state index is 0.0957. The van der Waals surface area contributed by atoms with Gasteiger partial charge in [0.15, 0.2) is 11.6 Å². The smallest absolute Gasteiger partial charge is 0.359 e. The normalized spacial score (nSPS) is 11.5. The fourth-order valence-corrected chi connectivity index (χ4v) is 3.76. The molecular formula is C31H35FN2O6. The van der Waals surface area contributed by atoms with Crippen LogP contribution in [0.5, 0.6) is 5.75 Å². The first kappa shape index (κ1) is 30.3. The maximum atomic E-state index is 15.0. The van der Waals surface area contributed by atoms with Gasteiger partial charge in [0.1, 0.15) is 13.2 Å². The average Bonchev–Trinajstić information content (AvgIpc) is 2.97. The minimum atomic E-state index is -1.86. The van der Waals surface area contributed by atoms with Crippen molar-refractivity contribution >= 4 is 17.8 Å². The number of carbonyl (C=O) groups excluding carboxylic acids is 3. The van der Waals surface area contributed by atoms with Gasteiger partial charge >= 0.3 is 11.9 Å². The van der Waals surface area contributed by atoms with Gasteiger partial charge in [-0.05, 0) is 41.7 Å². The zero-order chi connectivity index (χ0) is 28.7. The van der Waals surface area contributed by atoms with Crippen molar-refractivity contribution in [2.24, 2.45) is 5.73 Å². The summed E-state index contributed by atoms with van der Waals surface area (Å²) in [7, 11) is 0. The lowest BCUT2D eigenvalue weighted by atomic mass is 10.1. The molecule has 0 aliphatic carbocycles. The largest absolute Gasteiger partial charge is 0.464 e. The number of hydrogen-bond acceptors (Lipinski definition) is 7. The van der Waals surface area contributed by atoms with Crippen LogP contribution in [0.25, 0.3) is 0 Å². The lowest BCUT2D eigenvalue weighted by Crippen LogP contribution is -2.42. The molecule has 3 rings (SSSR count). The molecule has 3 N–H and O–H groups in total. The van der Waals surface area contributed by atoms with Gasteiger partial charge in [0.2, 0.25) is 5.91 Å². The van der Waals surface area contributed by atoms with Gasteiger partial charge in [-0.1, -0.05) is 86.5 Å². The first-order valence-corrected chi connectivity index (χ1v) is 13.3. The summed E-state index contributed by atoms with van der Waals surface area (Å²) in [6, 6.07) is 20.9. The van der Waals surface area contributed by atoms with Gasteiger partial charge in [-0.3, -0.25) is 4.79 Å². The number of nitrogens with two attached hydrogens (primary N) is 1. The Hall–Kier alpha value is -4.24. The molecule has 0 heterocycles. The highest BCUT2D eigenvalue weighted by molar-refractivity contribution is 5.98. The zero-order valence-electron chi connectivity index (χ0n) is 22.5. The second kappa shape index (κ2) is 16.0. The molecule has 0 saturated carbocycles. The molecule has 40 heavy (non-hydrogen) atoms. The van der Waals surface area contributed by atoms with Crippen LogP contribution in [0.3, 0.4) is 0 Å². The molecule has 212 valence electrons. The number of amides is 1. The van der Waals surface area contributed by atoms with E-state index in [-0.39, 0.29) is 31.3 Å². The molecule has 1 atom stereocenters. The summed E-state index contributed by atoms with van der Waals surface area (Å²) in [5.41, 5.74) is 7.85. The Kier molecular flexibility index (Phi) is 12.1. The second-order valence-corrected chi connectivity index (χ2v) is 9.26. The molecule has 9 heteroatoms. The van der Waals surface area contributed by atoms with Crippen LogP contribution >= 0.6 is 0 Å². The highest BCUT2D eigenvalue weighted by Crippen LogP contribution is 2.22. The molecule has 1 amide bonds. The van der Waals surface area contributed by atoms with E-state index in [1.54, 1.807) is 48.5 Å². The van der Waals surface area contributed by atoms with Crippen LogP contribution in [-0.2, 0) is 43.5 Å². The summed E-state index contributed by atoms with van der Waals surface area (Å²) in [5.74, 6) is -3.54. The molecule has 0 spiro atoms. The lowest BCUT2D eigenvalue weighted by Gasteiger charge is -2.18. The Bertz CT molecular complexity index is 1180. The summed E-state index contributed by atoms with van der Waals surface area (Å²) >= 11 is 0. The number of hydrogen-bond donors (Lipinski definition) is 2. The quantitative estimate of drug-likeness (QED) is 0.165. The van der Waals surface area contributed by atoms with E-state index >= 15 is 4.39 Å². The van der Waals surface area contributed by atoms with Crippen molar-refractivity contribution < 1.29 is 33.0 Å². The third-order valence-corrected chi connectivity index (χ3v) is 5.99. The average molecular weight is 551 g/mol. The van der Waals surface area contributed by atoms with E-state index in [1.807, 2.05) is 12.1 Å². The second-order valence-electron chi connectivity index (χ2n) is 9.26. The molecule has 0 aliphatic heterocycles. The van der Waals surface area contributed by atoms with Crippen molar-refractivity contribution in [3.63, 3.8) is 0 Å². The van der Waals surface area contributed by atoms with E-state index in [0.29, 0.717) is 23.2 Å². The molecule has 0 saturated heterocycles. The summed E-state index contributed by atoms with van der Waals surface area (Å²) < 4.78 is 31.1. The number of unbranched alkanes of at least 4 members (excludes halogenated alkanes) is 2. The molecule has 0 aliphatic rings. The van der Waals surface area contributed by atoms with E-state index in [4.69, 9.17) is 19.9 Å². The molecule has 3 aromatic rings. The standard InChI is InChI=1S/C31H35FN2O6/c1-2-3-10-17-34-29(35)26(33)19-24-15-16-27(25(32)18-24)40-28(30(36)38-20-22-11-6-4-7-12-22)31(37)39-21-23-13-8-5-9-14-23/h4-9,11-16,18,26,28H,2-3,10,17,19-21,33H2,1H3,(H,34,35). The molecular weight excluding hydrogens is 515 g/mol. The highest BCUT2D eigenvalue weighted by Gasteiger charge is 2.33. The van der Waals surface area contributed by atoms with Gasteiger partial charge < -0.3 is 25.3 Å². The predicted molar refractivity (Wildman–Crippen MR) is 148 cm³/mol.